The van der Waals surface area contributed by atoms with Crippen molar-refractivity contribution in [2.24, 2.45) is 0 Å². The summed E-state index contributed by atoms with van der Waals surface area (Å²) in [5.41, 5.74) is 3.57. The van der Waals surface area contributed by atoms with Crippen LogP contribution in [0.2, 0.25) is 0 Å². The van der Waals surface area contributed by atoms with Gasteiger partial charge in [-0.15, -0.1) is 5.10 Å². The molecule has 3 rings (SSSR count). The molecule has 0 aliphatic carbocycles. The summed E-state index contributed by atoms with van der Waals surface area (Å²) in [5.74, 6) is 0.542. The molecule has 1 aromatic heterocycles. The predicted molar refractivity (Wildman–Crippen MR) is 142 cm³/mol. The highest BCUT2D eigenvalue weighted by molar-refractivity contribution is 5.59. The number of nitrogens with zero attached hydrogens (tertiary/aromatic N) is 2. The van der Waals surface area contributed by atoms with E-state index >= 15 is 0 Å². The summed E-state index contributed by atoms with van der Waals surface area (Å²) in [4.78, 5) is 11.4. The largest absolute Gasteiger partial charge is 0.508 e. The van der Waals surface area contributed by atoms with E-state index in [0.717, 1.165) is 43.5 Å². The first-order valence-corrected chi connectivity index (χ1v) is 13.6. The van der Waals surface area contributed by atoms with Crippen LogP contribution >= 0.6 is 0 Å². The van der Waals surface area contributed by atoms with Crippen molar-refractivity contribution in [2.75, 3.05) is 26.4 Å². The van der Waals surface area contributed by atoms with E-state index in [1.807, 2.05) is 17.7 Å². The minimum absolute atomic E-state index is 0.00442. The summed E-state index contributed by atoms with van der Waals surface area (Å²) < 4.78 is 29.3. The van der Waals surface area contributed by atoms with Gasteiger partial charge < -0.3 is 28.8 Å². The van der Waals surface area contributed by atoms with Crippen molar-refractivity contribution in [3.8, 4) is 5.88 Å². The Balaban J connectivity index is 0.000000521. The number of aromatic nitrogens is 2. The molecule has 9 heteroatoms. The number of hydrogen-bond acceptors (Lipinski definition) is 8. The molecule has 1 N–H and O–H groups in total. The molecule has 4 unspecified atom stereocenters. The Morgan fingerprint density at radius 3 is 2.65 bits per heavy atom. The first kappa shape index (κ1) is 30.9. The molecule has 37 heavy (non-hydrogen) atoms. The summed E-state index contributed by atoms with van der Waals surface area (Å²) in [6.07, 6.45) is 8.38. The Morgan fingerprint density at radius 2 is 2.03 bits per heavy atom. The Kier molecular flexibility index (Phi) is 13.7. The van der Waals surface area contributed by atoms with Crippen molar-refractivity contribution >= 4 is 6.16 Å². The highest BCUT2D eigenvalue weighted by atomic mass is 16.7. The highest BCUT2D eigenvalue weighted by Crippen LogP contribution is 2.31. The minimum atomic E-state index is -0.744. The molecule has 0 saturated carbocycles. The van der Waals surface area contributed by atoms with Crippen LogP contribution in [0.15, 0.2) is 23.8 Å². The molecular formula is C28H46N2O7. The normalized spacial score (nSPS) is 24.0. The topological polar surface area (TPSA) is 101 Å². The van der Waals surface area contributed by atoms with E-state index in [9.17, 15) is 9.90 Å². The lowest BCUT2D eigenvalue weighted by molar-refractivity contribution is -0.187. The zero-order valence-corrected chi connectivity index (χ0v) is 23.4. The van der Waals surface area contributed by atoms with Crippen LogP contribution in [0.25, 0.3) is 0 Å². The lowest BCUT2D eigenvalue weighted by atomic mass is 10.1. The van der Waals surface area contributed by atoms with Gasteiger partial charge in [-0.05, 0) is 47.0 Å². The molecular weight excluding hydrogens is 476 g/mol. The maximum Gasteiger partial charge on any atom is 0.508 e. The quantitative estimate of drug-likeness (QED) is 0.320. The maximum atomic E-state index is 11.4. The average Bonchev–Trinajstić information content (AvgIpc) is 3.51. The Bertz CT molecular complexity index is 874. The van der Waals surface area contributed by atoms with Crippen molar-refractivity contribution in [1.82, 2.24) is 9.78 Å². The monoisotopic (exact) mass is 522 g/mol. The molecule has 2 fully saturated rings. The van der Waals surface area contributed by atoms with Crippen LogP contribution in [0.1, 0.15) is 84.0 Å². The summed E-state index contributed by atoms with van der Waals surface area (Å²) >= 11 is 0. The van der Waals surface area contributed by atoms with Gasteiger partial charge in [0, 0.05) is 30.7 Å². The molecule has 9 nitrogen and oxygen atoms in total. The molecule has 210 valence electrons. The van der Waals surface area contributed by atoms with Crippen LogP contribution in [0.5, 0.6) is 5.88 Å². The van der Waals surface area contributed by atoms with Crippen molar-refractivity contribution in [2.45, 2.75) is 105 Å². The molecule has 0 aromatic carbocycles. The molecule has 0 amide bonds. The summed E-state index contributed by atoms with van der Waals surface area (Å²) in [7, 11) is 0. The standard InChI is InChI=1S/C20H32N2O7.C8H14/c1-4-6-17-13(3)22(14-7-8-25-11-14)21-19(17)29-18-10-15(23)9-16(28-18)12-27-20(24)26-5-2;1-4-6-7-8(3)5-2/h14-16,18,23H,4-12H2,1-3H3;4,6-7H,5H2,1-3H3/b;6-4-,8-7+. The second-order valence-electron chi connectivity index (χ2n) is 9.40. The molecule has 4 atom stereocenters. The Morgan fingerprint density at radius 1 is 1.24 bits per heavy atom. The van der Waals surface area contributed by atoms with E-state index in [-0.39, 0.29) is 19.3 Å². The summed E-state index contributed by atoms with van der Waals surface area (Å²) in [5, 5.41) is 14.9. The van der Waals surface area contributed by atoms with Crippen LogP contribution in [-0.4, -0.2) is 66.0 Å². The molecule has 0 spiro atoms. The van der Waals surface area contributed by atoms with Gasteiger partial charge in [-0.25, -0.2) is 4.79 Å². The SMILES string of the molecule is C/C=C\C=C(/C)CC.CCCc1c(OC2CC(O)CC(COC(=O)OCC)O2)nn(C2CCOC2)c1C. The lowest BCUT2D eigenvalue weighted by Crippen LogP contribution is -2.41. The zero-order chi connectivity index (χ0) is 27.2. The third-order valence-corrected chi connectivity index (χ3v) is 6.36. The van der Waals surface area contributed by atoms with Crippen LogP contribution in [0.4, 0.5) is 4.79 Å². The number of aliphatic hydroxyl groups is 1. The van der Waals surface area contributed by atoms with Crippen molar-refractivity contribution in [1.29, 1.82) is 0 Å². The molecule has 3 heterocycles. The van der Waals surface area contributed by atoms with E-state index in [1.54, 1.807) is 6.92 Å². The predicted octanol–water partition coefficient (Wildman–Crippen LogP) is 5.44. The van der Waals surface area contributed by atoms with Gasteiger partial charge in [0.1, 0.15) is 6.61 Å². The van der Waals surface area contributed by atoms with Crippen molar-refractivity contribution in [3.63, 3.8) is 0 Å². The van der Waals surface area contributed by atoms with E-state index in [0.29, 0.717) is 25.3 Å². The first-order valence-electron chi connectivity index (χ1n) is 13.6. The van der Waals surface area contributed by atoms with Crippen molar-refractivity contribution in [3.05, 3.63) is 35.1 Å². The zero-order valence-electron chi connectivity index (χ0n) is 23.4. The van der Waals surface area contributed by atoms with Gasteiger partial charge in [-0.1, -0.05) is 44.1 Å². The number of carbonyl (C=O) groups is 1. The molecule has 2 aliphatic rings. The summed E-state index contributed by atoms with van der Waals surface area (Å²) in [6, 6.07) is 0.214. The smallest absolute Gasteiger partial charge is 0.446 e. The van der Waals surface area contributed by atoms with E-state index in [2.05, 4.69) is 39.8 Å². The van der Waals surface area contributed by atoms with Crippen LogP contribution in [0, 0.1) is 6.92 Å². The van der Waals surface area contributed by atoms with E-state index in [1.165, 1.54) is 5.57 Å². The number of ether oxygens (including phenoxy) is 5. The number of hydrogen-bond donors (Lipinski definition) is 1. The van der Waals surface area contributed by atoms with Crippen LogP contribution < -0.4 is 4.74 Å². The second-order valence-corrected chi connectivity index (χ2v) is 9.40. The fraction of sp³-hybridized carbons (Fsp3) is 0.714. The Labute approximate surface area is 221 Å². The fourth-order valence-electron chi connectivity index (χ4n) is 4.18. The molecule has 0 radical (unpaired) electrons. The highest BCUT2D eigenvalue weighted by Gasteiger charge is 2.33. The number of allylic oxidation sites excluding steroid dienone is 4. The molecule has 0 bridgehead atoms. The van der Waals surface area contributed by atoms with Gasteiger partial charge in [0.05, 0.1) is 31.5 Å². The molecule has 1 aromatic rings. The average molecular weight is 523 g/mol. The van der Waals surface area contributed by atoms with Gasteiger partial charge >= 0.3 is 6.16 Å². The summed E-state index contributed by atoms with van der Waals surface area (Å²) in [6.45, 7) is 13.8. The number of aliphatic hydroxyl groups excluding tert-OH is 1. The van der Waals surface area contributed by atoms with E-state index < -0.39 is 24.7 Å². The van der Waals surface area contributed by atoms with Gasteiger partial charge in [0.25, 0.3) is 0 Å². The fourth-order valence-corrected chi connectivity index (χ4v) is 4.18. The number of carbonyl (C=O) groups excluding carboxylic acids is 1. The maximum absolute atomic E-state index is 11.4. The third-order valence-electron chi connectivity index (χ3n) is 6.36. The van der Waals surface area contributed by atoms with Gasteiger partial charge in [-0.3, -0.25) is 4.68 Å². The van der Waals surface area contributed by atoms with Crippen molar-refractivity contribution < 1.29 is 33.6 Å². The lowest BCUT2D eigenvalue weighted by Gasteiger charge is -2.32. The van der Waals surface area contributed by atoms with Crippen LogP contribution in [-0.2, 0) is 25.4 Å². The second kappa shape index (κ2) is 16.5. The van der Waals surface area contributed by atoms with Gasteiger partial charge in [0.2, 0.25) is 12.2 Å². The first-order chi connectivity index (χ1) is 17.8. The number of rotatable bonds is 10. The Hall–Kier alpha value is -2.36. The van der Waals surface area contributed by atoms with Gasteiger partial charge in [0.15, 0.2) is 0 Å². The third kappa shape index (κ3) is 10.1. The van der Waals surface area contributed by atoms with Gasteiger partial charge in [-0.2, -0.15) is 0 Å². The van der Waals surface area contributed by atoms with E-state index in [4.69, 9.17) is 28.8 Å². The minimum Gasteiger partial charge on any atom is -0.446 e. The van der Waals surface area contributed by atoms with Crippen LogP contribution in [0.3, 0.4) is 0 Å². The molecule has 2 aliphatic heterocycles. The molecule has 2 saturated heterocycles.